The summed E-state index contributed by atoms with van der Waals surface area (Å²) in [6.07, 6.45) is 2.65. The lowest BCUT2D eigenvalue weighted by Crippen LogP contribution is -2.29. The zero-order valence-electron chi connectivity index (χ0n) is 9.88. The molecule has 18 heavy (non-hydrogen) atoms. The molecule has 3 N–H and O–H groups in total. The van der Waals surface area contributed by atoms with Gasteiger partial charge in [-0.1, -0.05) is 6.92 Å². The highest BCUT2D eigenvalue weighted by molar-refractivity contribution is 7.89. The summed E-state index contributed by atoms with van der Waals surface area (Å²) in [4.78, 5) is 14.6. The molecule has 1 aromatic heterocycles. The normalized spacial score (nSPS) is 11.2. The quantitative estimate of drug-likeness (QED) is 0.651. The smallest absolute Gasteiger partial charge is 0.339 e. The highest BCUT2D eigenvalue weighted by atomic mass is 32.2. The van der Waals surface area contributed by atoms with E-state index >= 15 is 0 Å². The standard InChI is InChI=1S/C10H15N3O4S/c1-2-13-18(16,17)6-5-12-9-3-4-11-7-8(9)10(14)15/h3-4,7,13H,2,5-6H2,1H3,(H,11,12)(H,14,15). The lowest BCUT2D eigenvalue weighted by atomic mass is 10.2. The second-order valence-electron chi connectivity index (χ2n) is 3.47. The molecule has 0 spiro atoms. The Kier molecular flexibility index (Phi) is 5.05. The molecule has 0 saturated heterocycles. The molecular formula is C10H15N3O4S. The van der Waals surface area contributed by atoms with E-state index in [2.05, 4.69) is 15.0 Å². The monoisotopic (exact) mass is 273 g/mol. The first-order valence-corrected chi connectivity index (χ1v) is 7.00. The molecule has 0 atom stereocenters. The lowest BCUT2D eigenvalue weighted by molar-refractivity contribution is 0.0697. The number of aromatic carboxylic acids is 1. The highest BCUT2D eigenvalue weighted by Gasteiger charge is 2.11. The number of rotatable bonds is 7. The molecule has 1 heterocycles. The molecule has 0 fully saturated rings. The van der Waals surface area contributed by atoms with Crippen molar-refractivity contribution in [2.75, 3.05) is 24.2 Å². The van der Waals surface area contributed by atoms with Crippen LogP contribution >= 0.6 is 0 Å². The first-order chi connectivity index (χ1) is 8.46. The van der Waals surface area contributed by atoms with Crippen molar-refractivity contribution in [1.82, 2.24) is 9.71 Å². The summed E-state index contributed by atoms with van der Waals surface area (Å²) < 4.78 is 25.1. The van der Waals surface area contributed by atoms with Gasteiger partial charge in [0.05, 0.1) is 11.4 Å². The van der Waals surface area contributed by atoms with Crippen LogP contribution in [0, 0.1) is 0 Å². The van der Waals surface area contributed by atoms with Crippen LogP contribution in [0.1, 0.15) is 17.3 Å². The van der Waals surface area contributed by atoms with E-state index < -0.39 is 16.0 Å². The van der Waals surface area contributed by atoms with E-state index in [9.17, 15) is 13.2 Å². The van der Waals surface area contributed by atoms with Gasteiger partial charge in [0.15, 0.2) is 0 Å². The molecule has 0 saturated carbocycles. The number of hydrogen-bond donors (Lipinski definition) is 3. The van der Waals surface area contributed by atoms with Gasteiger partial charge in [0.1, 0.15) is 5.56 Å². The second-order valence-corrected chi connectivity index (χ2v) is 5.40. The maximum Gasteiger partial charge on any atom is 0.339 e. The predicted molar refractivity (Wildman–Crippen MR) is 67.1 cm³/mol. The summed E-state index contributed by atoms with van der Waals surface area (Å²) in [5.41, 5.74) is 0.363. The molecule has 0 amide bonds. The predicted octanol–water partition coefficient (Wildman–Crippen LogP) is 0.131. The number of anilines is 1. The first-order valence-electron chi connectivity index (χ1n) is 5.35. The van der Waals surface area contributed by atoms with Crippen LogP contribution in [0.15, 0.2) is 18.5 Å². The van der Waals surface area contributed by atoms with Gasteiger partial charge >= 0.3 is 5.97 Å². The van der Waals surface area contributed by atoms with Crippen molar-refractivity contribution in [2.24, 2.45) is 0 Å². The number of hydrogen-bond acceptors (Lipinski definition) is 5. The van der Waals surface area contributed by atoms with E-state index in [1.165, 1.54) is 18.5 Å². The van der Waals surface area contributed by atoms with Crippen LogP contribution in [-0.4, -0.2) is 43.3 Å². The number of carboxylic acid groups (broad SMARTS) is 1. The van der Waals surface area contributed by atoms with Gasteiger partial charge in [0.25, 0.3) is 0 Å². The van der Waals surface area contributed by atoms with Crippen LogP contribution in [0.2, 0.25) is 0 Å². The summed E-state index contributed by atoms with van der Waals surface area (Å²) >= 11 is 0. The van der Waals surface area contributed by atoms with Crippen LogP contribution in [0.5, 0.6) is 0 Å². The summed E-state index contributed by atoms with van der Waals surface area (Å²) in [5, 5.41) is 11.7. The zero-order valence-corrected chi connectivity index (χ0v) is 10.7. The number of nitrogens with zero attached hydrogens (tertiary/aromatic N) is 1. The Morgan fingerprint density at radius 2 is 2.22 bits per heavy atom. The highest BCUT2D eigenvalue weighted by Crippen LogP contribution is 2.12. The molecule has 0 bridgehead atoms. The van der Waals surface area contributed by atoms with E-state index in [4.69, 9.17) is 5.11 Å². The molecule has 0 aliphatic rings. The lowest BCUT2D eigenvalue weighted by Gasteiger charge is -2.09. The third kappa shape index (κ3) is 4.30. The van der Waals surface area contributed by atoms with Gasteiger partial charge in [-0.25, -0.2) is 17.9 Å². The Morgan fingerprint density at radius 3 is 2.83 bits per heavy atom. The van der Waals surface area contributed by atoms with Crippen LogP contribution in [0.4, 0.5) is 5.69 Å². The maximum atomic E-state index is 11.4. The van der Waals surface area contributed by atoms with Crippen molar-refractivity contribution in [1.29, 1.82) is 0 Å². The van der Waals surface area contributed by atoms with Gasteiger partial charge < -0.3 is 10.4 Å². The summed E-state index contributed by atoms with van der Waals surface area (Å²) in [6.45, 7) is 2.15. The molecule has 0 radical (unpaired) electrons. The van der Waals surface area contributed by atoms with Gasteiger partial charge in [-0.2, -0.15) is 0 Å². The Hall–Kier alpha value is -1.67. The summed E-state index contributed by atoms with van der Waals surface area (Å²) in [7, 11) is -3.31. The minimum absolute atomic E-state index is 0.0124. The number of nitrogens with one attached hydrogen (secondary N) is 2. The van der Waals surface area contributed by atoms with Gasteiger partial charge in [0.2, 0.25) is 10.0 Å². The van der Waals surface area contributed by atoms with Crippen molar-refractivity contribution < 1.29 is 18.3 Å². The fourth-order valence-corrected chi connectivity index (χ4v) is 2.29. The summed E-state index contributed by atoms with van der Waals surface area (Å²) in [6, 6.07) is 1.49. The van der Waals surface area contributed by atoms with Crippen molar-refractivity contribution in [3.63, 3.8) is 0 Å². The third-order valence-electron chi connectivity index (χ3n) is 2.10. The number of pyridine rings is 1. The van der Waals surface area contributed by atoms with Gasteiger partial charge in [0, 0.05) is 25.5 Å². The van der Waals surface area contributed by atoms with Crippen molar-refractivity contribution >= 4 is 21.7 Å². The number of carbonyl (C=O) groups is 1. The maximum absolute atomic E-state index is 11.4. The third-order valence-corrected chi connectivity index (χ3v) is 3.57. The SMILES string of the molecule is CCNS(=O)(=O)CCNc1ccncc1C(=O)O. The Morgan fingerprint density at radius 1 is 1.50 bits per heavy atom. The van der Waals surface area contributed by atoms with E-state index in [0.717, 1.165) is 0 Å². The molecular weight excluding hydrogens is 258 g/mol. The van der Waals surface area contributed by atoms with Crippen LogP contribution in [0.3, 0.4) is 0 Å². The van der Waals surface area contributed by atoms with E-state index in [1.807, 2.05) is 0 Å². The van der Waals surface area contributed by atoms with Crippen LogP contribution < -0.4 is 10.0 Å². The van der Waals surface area contributed by atoms with E-state index in [1.54, 1.807) is 6.92 Å². The van der Waals surface area contributed by atoms with Gasteiger partial charge in [-0.15, -0.1) is 0 Å². The van der Waals surface area contributed by atoms with Crippen molar-refractivity contribution in [2.45, 2.75) is 6.92 Å². The Balaban J connectivity index is 2.62. The molecule has 0 aliphatic heterocycles. The van der Waals surface area contributed by atoms with Crippen molar-refractivity contribution in [3.05, 3.63) is 24.0 Å². The second kappa shape index (κ2) is 6.31. The van der Waals surface area contributed by atoms with Crippen molar-refractivity contribution in [3.8, 4) is 0 Å². The average molecular weight is 273 g/mol. The fraction of sp³-hybridized carbons (Fsp3) is 0.400. The number of carboxylic acids is 1. The van der Waals surface area contributed by atoms with Gasteiger partial charge in [-0.3, -0.25) is 4.98 Å². The molecule has 0 unspecified atom stereocenters. The summed E-state index contributed by atoms with van der Waals surface area (Å²) in [5.74, 6) is -1.23. The average Bonchev–Trinajstić information content (AvgIpc) is 2.29. The van der Waals surface area contributed by atoms with E-state index in [-0.39, 0.29) is 17.9 Å². The van der Waals surface area contributed by atoms with E-state index in [0.29, 0.717) is 12.2 Å². The van der Waals surface area contributed by atoms with Gasteiger partial charge in [-0.05, 0) is 6.07 Å². The molecule has 0 aromatic carbocycles. The zero-order chi connectivity index (χ0) is 13.6. The molecule has 8 heteroatoms. The topological polar surface area (TPSA) is 108 Å². The molecule has 100 valence electrons. The number of aromatic nitrogens is 1. The number of sulfonamides is 1. The van der Waals surface area contributed by atoms with Crippen LogP contribution in [-0.2, 0) is 10.0 Å². The molecule has 1 rings (SSSR count). The molecule has 0 aliphatic carbocycles. The Bertz CT molecular complexity index is 516. The van der Waals surface area contributed by atoms with Crippen LogP contribution in [0.25, 0.3) is 0 Å². The first kappa shape index (κ1) is 14.4. The fourth-order valence-electron chi connectivity index (χ4n) is 1.33. The Labute approximate surface area is 105 Å². The minimum atomic E-state index is -3.31. The minimum Gasteiger partial charge on any atom is -0.478 e. The largest absolute Gasteiger partial charge is 0.478 e. The molecule has 1 aromatic rings. The molecule has 7 nitrogen and oxygen atoms in total.